The van der Waals surface area contributed by atoms with Crippen LogP contribution in [0.15, 0.2) is 55.8 Å². The Bertz CT molecular complexity index is 880. The molecule has 1 aromatic carbocycles. The Morgan fingerprint density at radius 2 is 1.72 bits per heavy atom. The zero-order chi connectivity index (χ0) is 19.3. The summed E-state index contributed by atoms with van der Waals surface area (Å²) in [5, 5.41) is 0.706. The van der Waals surface area contributed by atoms with Crippen molar-refractivity contribution in [1.82, 2.24) is 0 Å². The first kappa shape index (κ1) is 20.9. The topological polar surface area (TPSA) is 61.1 Å². The maximum absolute atomic E-state index is 10.7. The van der Waals surface area contributed by atoms with Crippen molar-refractivity contribution >= 4 is 34.0 Å². The number of pyridine rings is 1. The van der Waals surface area contributed by atoms with Crippen molar-refractivity contribution in [2.75, 3.05) is 0 Å². The lowest BCUT2D eigenvalue weighted by Crippen LogP contribution is -2.27. The van der Waals surface area contributed by atoms with E-state index in [1.165, 1.54) is 0 Å². The van der Waals surface area contributed by atoms with E-state index in [0.717, 1.165) is 16.8 Å². The van der Waals surface area contributed by atoms with Gasteiger partial charge in [0.15, 0.2) is 22.5 Å². The Labute approximate surface area is 148 Å². The Balaban J connectivity index is 0.000000333. The highest BCUT2D eigenvalue weighted by atomic mass is 35.5. The highest BCUT2D eigenvalue weighted by Gasteiger charge is 2.36. The summed E-state index contributed by atoms with van der Waals surface area (Å²) in [5.41, 5.74) is -2.61. The molecule has 0 amide bonds. The van der Waals surface area contributed by atoms with Crippen molar-refractivity contribution < 1.29 is 30.7 Å². The summed E-state index contributed by atoms with van der Waals surface area (Å²) in [4.78, 5) is 0. The van der Waals surface area contributed by atoms with E-state index in [1.807, 2.05) is 47.2 Å². The number of benzene rings is 1. The Kier molecular flexibility index (Phi) is 6.92. The summed E-state index contributed by atoms with van der Waals surface area (Å²) < 4.78 is 60.9. The van der Waals surface area contributed by atoms with Gasteiger partial charge in [-0.1, -0.05) is 30.3 Å². The van der Waals surface area contributed by atoms with Gasteiger partial charge in [-0.25, -0.2) is 8.42 Å². The second-order valence-corrected chi connectivity index (χ2v) is 6.26. The lowest BCUT2D eigenvalue weighted by atomic mass is 10.0. The molecule has 134 valence electrons. The number of aromatic nitrogens is 1. The van der Waals surface area contributed by atoms with Crippen molar-refractivity contribution in [3.8, 4) is 11.3 Å². The predicted octanol–water partition coefficient (Wildman–Crippen LogP) is 4.09. The predicted molar refractivity (Wildman–Crippen MR) is 89.3 cm³/mol. The quantitative estimate of drug-likeness (QED) is 0.450. The van der Waals surface area contributed by atoms with E-state index >= 15 is 0 Å². The molecule has 9 heteroatoms. The first-order valence-corrected chi connectivity index (χ1v) is 8.37. The van der Waals surface area contributed by atoms with Crippen LogP contribution in [0.3, 0.4) is 0 Å². The molecule has 0 aliphatic carbocycles. The molecular weight excluding hydrogens is 379 g/mol. The maximum atomic E-state index is 10.7. The molecule has 0 saturated heterocycles. The first-order chi connectivity index (χ1) is 11.5. The van der Waals surface area contributed by atoms with Gasteiger partial charge in [-0.3, -0.25) is 0 Å². The van der Waals surface area contributed by atoms with Crippen LogP contribution >= 0.6 is 11.6 Å². The molecule has 0 radical (unpaired) electrons. The number of halogens is 4. The molecule has 25 heavy (non-hydrogen) atoms. The molecule has 4 nitrogen and oxygen atoms in total. The van der Waals surface area contributed by atoms with Gasteiger partial charge in [-0.2, -0.15) is 17.7 Å². The lowest BCUT2D eigenvalue weighted by Gasteiger charge is -2.08. The van der Waals surface area contributed by atoms with Crippen LogP contribution in [0.2, 0.25) is 5.02 Å². The number of alkyl halides is 3. The van der Waals surface area contributed by atoms with Crippen LogP contribution in [0.4, 0.5) is 13.2 Å². The number of rotatable bonds is 3. The van der Waals surface area contributed by atoms with Crippen LogP contribution in [0.25, 0.3) is 23.5 Å². The minimum atomic E-state index is -6.09. The van der Waals surface area contributed by atoms with Crippen LogP contribution < -0.4 is 4.57 Å². The third kappa shape index (κ3) is 5.42. The molecule has 2 aromatic rings. The average molecular weight is 392 g/mol. The number of nitrogens with zero attached hydrogens (tertiary/aromatic N) is 1. The minimum Gasteiger partial charge on any atom is -0.741 e. The third-order valence-electron chi connectivity index (χ3n) is 2.90. The van der Waals surface area contributed by atoms with Crippen molar-refractivity contribution in [3.05, 3.63) is 66.3 Å². The summed E-state index contributed by atoms with van der Waals surface area (Å²) in [7, 11) is -6.09. The van der Waals surface area contributed by atoms with Gasteiger partial charge in [0.1, 0.15) is 0 Å². The van der Waals surface area contributed by atoms with Crippen molar-refractivity contribution in [3.63, 3.8) is 0 Å². The molecule has 2 rings (SSSR count). The Morgan fingerprint density at radius 3 is 2.20 bits per heavy atom. The number of hydrogen-bond donors (Lipinski definition) is 0. The standard InChI is InChI=1S/C15H13ClN.CHF3O3S/c1-3-12-13(8-7-9-14(12)16)15-10-5-6-11-17(15)4-2;2-1(3,4)8(5,6)7/h3-11H,1-2H2;(H,5,6,7)/q+1;/p-1. The summed E-state index contributed by atoms with van der Waals surface area (Å²) in [5.74, 6) is 0. The van der Waals surface area contributed by atoms with E-state index in [0.29, 0.717) is 5.02 Å². The molecule has 0 unspecified atom stereocenters. The Hall–Kier alpha value is -2.16. The summed E-state index contributed by atoms with van der Waals surface area (Å²) >= 11 is 6.17. The molecule has 0 saturated carbocycles. The van der Waals surface area contributed by atoms with Gasteiger partial charge in [-0.05, 0) is 24.8 Å². The van der Waals surface area contributed by atoms with Gasteiger partial charge >= 0.3 is 5.51 Å². The van der Waals surface area contributed by atoms with E-state index in [9.17, 15) is 13.2 Å². The normalized spacial score (nSPS) is 11.2. The molecule has 1 aromatic heterocycles. The van der Waals surface area contributed by atoms with E-state index < -0.39 is 15.6 Å². The number of hydrogen-bond acceptors (Lipinski definition) is 3. The largest absolute Gasteiger partial charge is 0.741 e. The third-order valence-corrected chi connectivity index (χ3v) is 3.80. The van der Waals surface area contributed by atoms with Crippen LogP contribution in [-0.4, -0.2) is 18.5 Å². The minimum absolute atomic E-state index is 0.706. The van der Waals surface area contributed by atoms with Crippen LogP contribution in [-0.2, 0) is 10.1 Å². The second kappa shape index (κ2) is 8.28. The molecule has 0 aliphatic rings. The van der Waals surface area contributed by atoms with E-state index in [-0.39, 0.29) is 0 Å². The average Bonchev–Trinajstić information content (AvgIpc) is 2.53. The van der Waals surface area contributed by atoms with E-state index in [2.05, 4.69) is 13.2 Å². The summed E-state index contributed by atoms with van der Waals surface area (Å²) in [6, 6.07) is 11.8. The monoisotopic (exact) mass is 391 g/mol. The molecule has 0 N–H and O–H groups in total. The molecule has 0 bridgehead atoms. The fourth-order valence-corrected chi connectivity index (χ4v) is 2.06. The molecule has 0 spiro atoms. The van der Waals surface area contributed by atoms with Gasteiger partial charge in [0.05, 0.1) is 5.56 Å². The first-order valence-electron chi connectivity index (χ1n) is 6.59. The molecule has 0 aliphatic heterocycles. The van der Waals surface area contributed by atoms with E-state index in [4.69, 9.17) is 24.6 Å². The Morgan fingerprint density at radius 1 is 1.12 bits per heavy atom. The molecule has 0 fully saturated rings. The van der Waals surface area contributed by atoms with Crippen molar-refractivity contribution in [1.29, 1.82) is 0 Å². The fourth-order valence-electron chi connectivity index (χ4n) is 1.81. The van der Waals surface area contributed by atoms with Gasteiger partial charge in [0, 0.05) is 22.7 Å². The zero-order valence-corrected chi connectivity index (χ0v) is 14.3. The van der Waals surface area contributed by atoms with Gasteiger partial charge < -0.3 is 4.55 Å². The smallest absolute Gasteiger partial charge is 0.485 e. The van der Waals surface area contributed by atoms with Gasteiger partial charge in [0.2, 0.25) is 5.69 Å². The second-order valence-electron chi connectivity index (χ2n) is 4.48. The molecule has 0 atom stereocenters. The maximum Gasteiger partial charge on any atom is 0.485 e. The fraction of sp³-hybridized carbons (Fsp3) is 0.0625. The highest BCUT2D eigenvalue weighted by molar-refractivity contribution is 7.86. The van der Waals surface area contributed by atoms with Crippen molar-refractivity contribution in [2.45, 2.75) is 5.51 Å². The van der Waals surface area contributed by atoms with Crippen molar-refractivity contribution in [2.24, 2.45) is 0 Å². The lowest BCUT2D eigenvalue weighted by molar-refractivity contribution is -0.555. The zero-order valence-electron chi connectivity index (χ0n) is 12.7. The molecular formula is C16H13ClF3NO3S. The van der Waals surface area contributed by atoms with Gasteiger partial charge in [-0.15, -0.1) is 0 Å². The highest BCUT2D eigenvalue weighted by Crippen LogP contribution is 2.28. The van der Waals surface area contributed by atoms with E-state index in [1.54, 1.807) is 12.3 Å². The van der Waals surface area contributed by atoms with Crippen LogP contribution in [0.1, 0.15) is 5.56 Å². The van der Waals surface area contributed by atoms with Gasteiger partial charge in [0.25, 0.3) is 0 Å². The molecule has 1 heterocycles. The van der Waals surface area contributed by atoms with Crippen LogP contribution in [0, 0.1) is 0 Å². The summed E-state index contributed by atoms with van der Waals surface area (Å²) in [6.45, 7) is 7.61. The van der Waals surface area contributed by atoms with Crippen LogP contribution in [0.5, 0.6) is 0 Å². The SMILES string of the molecule is C=Cc1c(Cl)cccc1-c1cccc[n+]1C=C.O=S(=O)([O-])C(F)(F)F. The summed E-state index contributed by atoms with van der Waals surface area (Å²) in [6.07, 6.45) is 5.50.